The van der Waals surface area contributed by atoms with Gasteiger partial charge in [0.2, 0.25) is 11.8 Å². The molecule has 0 saturated carbocycles. The van der Waals surface area contributed by atoms with Gasteiger partial charge < -0.3 is 10.6 Å². The molecule has 31 heavy (non-hydrogen) atoms. The fraction of sp³-hybridized carbons (Fsp3) is 0.391. The highest BCUT2D eigenvalue weighted by Crippen LogP contribution is 2.20. The number of halogens is 2. The van der Waals surface area contributed by atoms with Gasteiger partial charge in [0.15, 0.2) is 0 Å². The van der Waals surface area contributed by atoms with Crippen LogP contribution in [0.3, 0.4) is 0 Å². The Balaban J connectivity index is 1.47. The fourth-order valence-corrected chi connectivity index (χ4v) is 3.74. The van der Waals surface area contributed by atoms with Crippen molar-refractivity contribution in [2.24, 2.45) is 0 Å². The predicted octanol–water partition coefficient (Wildman–Crippen LogP) is 3.68. The van der Waals surface area contributed by atoms with Gasteiger partial charge in [0.25, 0.3) is 0 Å². The Bertz CT molecular complexity index is 961. The highest BCUT2D eigenvalue weighted by Gasteiger charge is 2.27. The van der Waals surface area contributed by atoms with Gasteiger partial charge in [-0.05, 0) is 56.2 Å². The molecule has 1 unspecified atom stereocenters. The smallest absolute Gasteiger partial charge is 0.241 e. The van der Waals surface area contributed by atoms with E-state index in [1.807, 2.05) is 36.9 Å². The summed E-state index contributed by atoms with van der Waals surface area (Å²) in [6.07, 6.45) is 0. The number of nitrogens with one attached hydrogen (secondary N) is 2. The van der Waals surface area contributed by atoms with Gasteiger partial charge in [-0.25, -0.2) is 4.39 Å². The van der Waals surface area contributed by atoms with Crippen molar-refractivity contribution in [2.45, 2.75) is 26.8 Å². The number of benzene rings is 2. The lowest BCUT2D eigenvalue weighted by Crippen LogP contribution is -2.53. The minimum atomic E-state index is -0.562. The van der Waals surface area contributed by atoms with E-state index in [2.05, 4.69) is 15.5 Å². The minimum absolute atomic E-state index is 0.0499. The molecule has 1 fully saturated rings. The standard InChI is InChI=1S/C23H28ClFN4O2/c1-15-5-4-6-20(16(15)2)26-22(30)14-28-9-11-29(12-10-28)17(3)23(31)27-21-8-7-18(24)13-19(21)25/h4-8,13,17H,9-12,14H2,1-3H3,(H,26,30)(H,27,31). The maximum atomic E-state index is 13.9. The van der Waals surface area contributed by atoms with Crippen molar-refractivity contribution in [3.05, 3.63) is 58.4 Å². The van der Waals surface area contributed by atoms with Crippen molar-refractivity contribution in [3.8, 4) is 0 Å². The van der Waals surface area contributed by atoms with E-state index in [-0.39, 0.29) is 22.5 Å². The van der Waals surface area contributed by atoms with Gasteiger partial charge in [-0.3, -0.25) is 19.4 Å². The highest BCUT2D eigenvalue weighted by atomic mass is 35.5. The third-order valence-electron chi connectivity index (χ3n) is 5.77. The van der Waals surface area contributed by atoms with Crippen LogP contribution >= 0.6 is 11.6 Å². The number of nitrogens with zero attached hydrogens (tertiary/aromatic N) is 2. The van der Waals surface area contributed by atoms with E-state index in [4.69, 9.17) is 11.6 Å². The lowest BCUT2D eigenvalue weighted by atomic mass is 10.1. The van der Waals surface area contributed by atoms with Crippen molar-refractivity contribution < 1.29 is 14.0 Å². The van der Waals surface area contributed by atoms with Gasteiger partial charge in [0.1, 0.15) is 5.82 Å². The molecule has 1 aliphatic heterocycles. The number of aryl methyl sites for hydroxylation is 1. The van der Waals surface area contributed by atoms with Crippen molar-refractivity contribution in [2.75, 3.05) is 43.4 Å². The van der Waals surface area contributed by atoms with Crippen LogP contribution in [0.5, 0.6) is 0 Å². The maximum Gasteiger partial charge on any atom is 0.241 e. The first-order chi connectivity index (χ1) is 14.7. The molecule has 3 rings (SSSR count). The van der Waals surface area contributed by atoms with E-state index < -0.39 is 11.9 Å². The van der Waals surface area contributed by atoms with E-state index in [1.54, 1.807) is 6.92 Å². The largest absolute Gasteiger partial charge is 0.325 e. The van der Waals surface area contributed by atoms with E-state index >= 15 is 0 Å². The zero-order chi connectivity index (χ0) is 22.5. The van der Waals surface area contributed by atoms with E-state index in [1.165, 1.54) is 18.2 Å². The molecule has 2 aromatic rings. The number of hydrogen-bond acceptors (Lipinski definition) is 4. The second-order valence-corrected chi connectivity index (χ2v) is 8.33. The maximum absolute atomic E-state index is 13.9. The summed E-state index contributed by atoms with van der Waals surface area (Å²) in [4.78, 5) is 29.1. The molecule has 1 heterocycles. The molecule has 0 bridgehead atoms. The normalized spacial score (nSPS) is 16.0. The lowest BCUT2D eigenvalue weighted by molar-refractivity contribution is -0.122. The Morgan fingerprint density at radius 2 is 1.77 bits per heavy atom. The van der Waals surface area contributed by atoms with Gasteiger partial charge in [0.05, 0.1) is 18.3 Å². The van der Waals surface area contributed by atoms with Gasteiger partial charge in [-0.2, -0.15) is 0 Å². The highest BCUT2D eigenvalue weighted by molar-refractivity contribution is 6.30. The number of anilines is 2. The second-order valence-electron chi connectivity index (χ2n) is 7.90. The topological polar surface area (TPSA) is 64.7 Å². The summed E-state index contributed by atoms with van der Waals surface area (Å²) >= 11 is 5.75. The number of hydrogen-bond donors (Lipinski definition) is 2. The molecule has 0 aliphatic carbocycles. The zero-order valence-electron chi connectivity index (χ0n) is 18.0. The molecular weight excluding hydrogens is 419 g/mol. The molecule has 0 radical (unpaired) electrons. The predicted molar refractivity (Wildman–Crippen MR) is 122 cm³/mol. The van der Waals surface area contributed by atoms with Gasteiger partial charge in [-0.15, -0.1) is 0 Å². The van der Waals surface area contributed by atoms with Gasteiger partial charge >= 0.3 is 0 Å². The van der Waals surface area contributed by atoms with E-state index in [9.17, 15) is 14.0 Å². The molecule has 2 aromatic carbocycles. The summed E-state index contributed by atoms with van der Waals surface area (Å²) in [5, 5.41) is 5.89. The van der Waals surface area contributed by atoms with E-state index in [0.29, 0.717) is 32.7 Å². The van der Waals surface area contributed by atoms with Crippen molar-refractivity contribution in [1.29, 1.82) is 0 Å². The molecular formula is C23H28ClFN4O2. The average Bonchev–Trinajstić information content (AvgIpc) is 2.73. The van der Waals surface area contributed by atoms with Crippen LogP contribution in [-0.4, -0.2) is 60.4 Å². The first-order valence-corrected chi connectivity index (χ1v) is 10.7. The molecule has 2 amide bonds. The molecule has 2 N–H and O–H groups in total. The molecule has 1 saturated heterocycles. The third-order valence-corrected chi connectivity index (χ3v) is 6.00. The average molecular weight is 447 g/mol. The summed E-state index contributed by atoms with van der Waals surface area (Å²) in [5.41, 5.74) is 3.15. The minimum Gasteiger partial charge on any atom is -0.325 e. The van der Waals surface area contributed by atoms with Crippen molar-refractivity contribution >= 4 is 34.8 Å². The second kappa shape index (κ2) is 10.2. The van der Waals surface area contributed by atoms with Gasteiger partial charge in [0, 0.05) is 36.9 Å². The van der Waals surface area contributed by atoms with Crippen LogP contribution in [0.1, 0.15) is 18.1 Å². The summed E-state index contributed by atoms with van der Waals surface area (Å²) in [5.74, 6) is -0.888. The van der Waals surface area contributed by atoms with E-state index in [0.717, 1.165) is 16.8 Å². The number of carbonyl (C=O) groups excluding carboxylic acids is 2. The molecule has 6 nitrogen and oxygen atoms in total. The molecule has 8 heteroatoms. The number of piperazine rings is 1. The first-order valence-electron chi connectivity index (χ1n) is 10.3. The van der Waals surface area contributed by atoms with Crippen LogP contribution in [0.4, 0.5) is 15.8 Å². The van der Waals surface area contributed by atoms with Crippen LogP contribution in [0, 0.1) is 19.7 Å². The Labute approximate surface area is 187 Å². The molecule has 1 aliphatic rings. The van der Waals surface area contributed by atoms with Crippen LogP contribution in [0.2, 0.25) is 5.02 Å². The summed E-state index contributed by atoms with van der Waals surface area (Å²) in [6.45, 7) is 8.75. The number of rotatable bonds is 6. The first kappa shape index (κ1) is 23.2. The Hall–Kier alpha value is -2.48. The van der Waals surface area contributed by atoms with Crippen LogP contribution in [0.25, 0.3) is 0 Å². The zero-order valence-corrected chi connectivity index (χ0v) is 18.8. The van der Waals surface area contributed by atoms with Gasteiger partial charge in [-0.1, -0.05) is 23.7 Å². The Morgan fingerprint density at radius 3 is 2.45 bits per heavy atom. The third kappa shape index (κ3) is 6.03. The number of carbonyl (C=O) groups is 2. The molecule has 0 spiro atoms. The van der Waals surface area contributed by atoms with Crippen LogP contribution in [0.15, 0.2) is 36.4 Å². The molecule has 0 aromatic heterocycles. The summed E-state index contributed by atoms with van der Waals surface area (Å²) in [7, 11) is 0. The summed E-state index contributed by atoms with van der Waals surface area (Å²) in [6, 6.07) is 9.59. The molecule has 1 atom stereocenters. The van der Waals surface area contributed by atoms with Crippen LogP contribution < -0.4 is 10.6 Å². The fourth-order valence-electron chi connectivity index (χ4n) is 3.58. The van der Waals surface area contributed by atoms with Crippen molar-refractivity contribution in [3.63, 3.8) is 0 Å². The van der Waals surface area contributed by atoms with Crippen LogP contribution in [-0.2, 0) is 9.59 Å². The summed E-state index contributed by atoms with van der Waals surface area (Å²) < 4.78 is 13.9. The monoisotopic (exact) mass is 446 g/mol. The molecule has 166 valence electrons. The SMILES string of the molecule is Cc1cccc(NC(=O)CN2CCN(C(C)C(=O)Nc3ccc(Cl)cc3F)CC2)c1C. The quantitative estimate of drug-likeness (QED) is 0.710. The Kier molecular flexibility index (Phi) is 7.64. The lowest BCUT2D eigenvalue weighted by Gasteiger charge is -2.37. The number of amides is 2. The van der Waals surface area contributed by atoms with Crippen molar-refractivity contribution in [1.82, 2.24) is 9.80 Å². The Morgan fingerprint density at radius 1 is 1.06 bits per heavy atom.